The highest BCUT2D eigenvalue weighted by Crippen LogP contribution is 2.20. The molecule has 1 saturated heterocycles. The monoisotopic (exact) mass is 320 g/mol. The Morgan fingerprint density at radius 1 is 1.41 bits per heavy atom. The summed E-state index contributed by atoms with van der Waals surface area (Å²) < 4.78 is 0. The van der Waals surface area contributed by atoms with Crippen LogP contribution in [-0.2, 0) is 0 Å². The molecule has 22 heavy (non-hydrogen) atoms. The minimum atomic E-state index is -0.214. The van der Waals surface area contributed by atoms with E-state index in [0.29, 0.717) is 16.5 Å². The van der Waals surface area contributed by atoms with E-state index in [0.717, 1.165) is 31.7 Å². The van der Waals surface area contributed by atoms with Crippen molar-refractivity contribution in [3.8, 4) is 0 Å². The largest absolute Gasteiger partial charge is 0.396 e. The van der Waals surface area contributed by atoms with Crippen LogP contribution in [0.1, 0.15) is 23.3 Å². The molecule has 2 aromatic heterocycles. The van der Waals surface area contributed by atoms with Gasteiger partial charge in [-0.2, -0.15) is 5.10 Å². The van der Waals surface area contributed by atoms with E-state index in [1.807, 2.05) is 12.1 Å². The van der Waals surface area contributed by atoms with Crippen molar-refractivity contribution < 1.29 is 4.79 Å². The van der Waals surface area contributed by atoms with E-state index >= 15 is 0 Å². The molecule has 0 bridgehead atoms. The van der Waals surface area contributed by atoms with E-state index in [-0.39, 0.29) is 11.9 Å². The van der Waals surface area contributed by atoms with Gasteiger partial charge in [-0.05, 0) is 25.0 Å². The first-order valence-corrected chi connectivity index (χ1v) is 7.48. The first kappa shape index (κ1) is 14.6. The summed E-state index contributed by atoms with van der Waals surface area (Å²) in [6.07, 6.45) is 3.12. The lowest BCUT2D eigenvalue weighted by Gasteiger charge is -2.33. The van der Waals surface area contributed by atoms with Gasteiger partial charge in [-0.1, -0.05) is 17.7 Å². The third-order valence-corrected chi connectivity index (χ3v) is 3.96. The number of nitrogen functional groups attached to an aromatic ring is 1. The average molecular weight is 321 g/mol. The fourth-order valence-corrected chi connectivity index (χ4v) is 2.72. The van der Waals surface area contributed by atoms with Crippen LogP contribution in [-0.4, -0.2) is 40.2 Å². The quantitative estimate of drug-likeness (QED) is 0.743. The van der Waals surface area contributed by atoms with Crippen LogP contribution in [0.2, 0.25) is 5.15 Å². The lowest BCUT2D eigenvalue weighted by Crippen LogP contribution is -2.45. The molecule has 0 aliphatic carbocycles. The molecule has 0 radical (unpaired) electrons. The number of nitrogens with zero attached hydrogens (tertiary/aromatic N) is 3. The second-order valence-electron chi connectivity index (χ2n) is 5.25. The molecule has 1 fully saturated rings. The normalized spacial score (nSPS) is 15.8. The first-order valence-electron chi connectivity index (χ1n) is 7.10. The smallest absolute Gasteiger partial charge is 0.271 e. The van der Waals surface area contributed by atoms with E-state index in [1.54, 1.807) is 6.07 Å². The maximum atomic E-state index is 12.1. The molecule has 4 N–H and O–H groups in total. The van der Waals surface area contributed by atoms with Crippen molar-refractivity contribution >= 4 is 29.0 Å². The van der Waals surface area contributed by atoms with E-state index in [4.69, 9.17) is 17.3 Å². The van der Waals surface area contributed by atoms with Gasteiger partial charge in [0.15, 0.2) is 0 Å². The Morgan fingerprint density at radius 3 is 2.82 bits per heavy atom. The SMILES string of the molecule is Nc1cn[nH]c1C(=O)NC1CCN(c2cccc(Cl)n2)CC1. The van der Waals surface area contributed by atoms with Gasteiger partial charge in [-0.3, -0.25) is 9.89 Å². The van der Waals surface area contributed by atoms with Gasteiger partial charge in [0.2, 0.25) is 0 Å². The highest BCUT2D eigenvalue weighted by molar-refractivity contribution is 6.29. The number of halogens is 1. The fourth-order valence-electron chi connectivity index (χ4n) is 2.56. The van der Waals surface area contributed by atoms with Crippen molar-refractivity contribution in [2.24, 2.45) is 0 Å². The van der Waals surface area contributed by atoms with Crippen LogP contribution in [0.5, 0.6) is 0 Å². The number of amides is 1. The van der Waals surface area contributed by atoms with Crippen LogP contribution in [0.15, 0.2) is 24.4 Å². The summed E-state index contributed by atoms with van der Waals surface area (Å²) in [6, 6.07) is 5.70. The summed E-state index contributed by atoms with van der Waals surface area (Å²) in [6.45, 7) is 1.63. The number of nitrogens with one attached hydrogen (secondary N) is 2. The van der Waals surface area contributed by atoms with Gasteiger partial charge in [0.1, 0.15) is 16.7 Å². The topological polar surface area (TPSA) is 99.9 Å². The number of aromatic nitrogens is 3. The van der Waals surface area contributed by atoms with E-state index in [9.17, 15) is 4.79 Å². The number of aromatic amines is 1. The van der Waals surface area contributed by atoms with Gasteiger partial charge in [-0.25, -0.2) is 4.98 Å². The zero-order valence-corrected chi connectivity index (χ0v) is 12.7. The van der Waals surface area contributed by atoms with Crippen LogP contribution in [0.3, 0.4) is 0 Å². The molecule has 0 atom stereocenters. The molecule has 7 nitrogen and oxygen atoms in total. The maximum absolute atomic E-state index is 12.1. The number of hydrogen-bond donors (Lipinski definition) is 3. The summed E-state index contributed by atoms with van der Waals surface area (Å²) in [7, 11) is 0. The Balaban J connectivity index is 1.56. The molecule has 1 aliphatic heterocycles. The average Bonchev–Trinajstić information content (AvgIpc) is 2.94. The second kappa shape index (κ2) is 6.23. The zero-order chi connectivity index (χ0) is 15.5. The predicted octanol–water partition coefficient (Wildman–Crippen LogP) is 1.44. The van der Waals surface area contributed by atoms with Crippen molar-refractivity contribution in [2.45, 2.75) is 18.9 Å². The summed E-state index contributed by atoms with van der Waals surface area (Å²) in [5, 5.41) is 9.84. The first-order chi connectivity index (χ1) is 10.6. The number of carbonyl (C=O) groups excluding carboxylic acids is 1. The minimum absolute atomic E-state index is 0.116. The molecule has 116 valence electrons. The zero-order valence-electron chi connectivity index (χ0n) is 11.9. The number of carbonyl (C=O) groups is 1. The van der Waals surface area contributed by atoms with Crippen LogP contribution in [0.25, 0.3) is 0 Å². The number of H-pyrrole nitrogens is 1. The summed E-state index contributed by atoms with van der Waals surface area (Å²) in [5.74, 6) is 0.657. The van der Waals surface area contributed by atoms with Gasteiger partial charge in [0.25, 0.3) is 5.91 Å². The molecule has 2 aromatic rings. The summed E-state index contributed by atoms with van der Waals surface area (Å²) in [4.78, 5) is 18.6. The number of hydrogen-bond acceptors (Lipinski definition) is 5. The van der Waals surface area contributed by atoms with Crippen LogP contribution in [0.4, 0.5) is 11.5 Å². The number of anilines is 2. The Bertz CT molecular complexity index is 665. The third kappa shape index (κ3) is 3.14. The second-order valence-corrected chi connectivity index (χ2v) is 5.64. The summed E-state index contributed by atoms with van der Waals surface area (Å²) in [5.41, 5.74) is 6.35. The number of pyridine rings is 1. The molecule has 0 aromatic carbocycles. The Morgan fingerprint density at radius 2 is 2.18 bits per heavy atom. The van der Waals surface area contributed by atoms with Gasteiger partial charge < -0.3 is 16.0 Å². The molecule has 3 heterocycles. The molecule has 8 heteroatoms. The molecular formula is C14H17ClN6O. The Labute approximate surface area is 132 Å². The number of nitrogens with two attached hydrogens (primary N) is 1. The van der Waals surface area contributed by atoms with Crippen molar-refractivity contribution in [3.63, 3.8) is 0 Å². The molecular weight excluding hydrogens is 304 g/mol. The number of piperidine rings is 1. The third-order valence-electron chi connectivity index (χ3n) is 3.75. The molecule has 3 rings (SSSR count). The standard InChI is InChI=1S/C14H17ClN6O/c15-11-2-1-3-12(19-11)21-6-4-9(5-7-21)18-14(22)13-10(16)8-17-20-13/h1-3,8-9H,4-7,16H2,(H,17,20)(H,18,22). The minimum Gasteiger partial charge on any atom is -0.396 e. The molecule has 1 amide bonds. The van der Waals surface area contributed by atoms with Crippen molar-refractivity contribution in [1.82, 2.24) is 20.5 Å². The van der Waals surface area contributed by atoms with Crippen molar-refractivity contribution in [1.29, 1.82) is 0 Å². The van der Waals surface area contributed by atoms with Gasteiger partial charge >= 0.3 is 0 Å². The van der Waals surface area contributed by atoms with E-state index in [1.165, 1.54) is 6.20 Å². The lowest BCUT2D eigenvalue weighted by molar-refractivity contribution is 0.0927. The van der Waals surface area contributed by atoms with Crippen LogP contribution >= 0.6 is 11.6 Å². The fraction of sp³-hybridized carbons (Fsp3) is 0.357. The predicted molar refractivity (Wildman–Crippen MR) is 84.9 cm³/mol. The Kier molecular flexibility index (Phi) is 4.15. The molecule has 0 spiro atoms. The molecule has 1 aliphatic rings. The van der Waals surface area contributed by atoms with E-state index in [2.05, 4.69) is 25.4 Å². The van der Waals surface area contributed by atoms with Crippen molar-refractivity contribution in [2.75, 3.05) is 23.7 Å². The Hall–Kier alpha value is -2.28. The highest BCUT2D eigenvalue weighted by atomic mass is 35.5. The molecule has 0 saturated carbocycles. The van der Waals surface area contributed by atoms with Gasteiger partial charge in [0, 0.05) is 19.1 Å². The number of rotatable bonds is 3. The lowest BCUT2D eigenvalue weighted by atomic mass is 10.0. The summed E-state index contributed by atoms with van der Waals surface area (Å²) >= 11 is 5.92. The maximum Gasteiger partial charge on any atom is 0.271 e. The van der Waals surface area contributed by atoms with Crippen LogP contribution < -0.4 is 16.0 Å². The van der Waals surface area contributed by atoms with E-state index < -0.39 is 0 Å². The van der Waals surface area contributed by atoms with Crippen LogP contribution in [0, 0.1) is 0 Å². The van der Waals surface area contributed by atoms with Gasteiger partial charge in [-0.15, -0.1) is 0 Å². The highest BCUT2D eigenvalue weighted by Gasteiger charge is 2.23. The van der Waals surface area contributed by atoms with Crippen molar-refractivity contribution in [3.05, 3.63) is 35.2 Å². The van der Waals surface area contributed by atoms with Gasteiger partial charge in [0.05, 0.1) is 11.9 Å². The molecule has 0 unspecified atom stereocenters.